The number of carbonyl (C=O) groups is 1. The van der Waals surface area contributed by atoms with E-state index >= 15 is 0 Å². The van der Waals surface area contributed by atoms with Crippen molar-refractivity contribution in [3.63, 3.8) is 0 Å². The van der Waals surface area contributed by atoms with E-state index in [-0.39, 0.29) is 5.91 Å². The number of hydrogen-bond acceptors (Lipinski definition) is 4. The lowest BCUT2D eigenvalue weighted by atomic mass is 10.2. The van der Waals surface area contributed by atoms with E-state index in [0.717, 1.165) is 30.3 Å². The molecule has 1 saturated heterocycles. The normalized spacial score (nSPS) is 19.3. The van der Waals surface area contributed by atoms with Crippen LogP contribution in [0.3, 0.4) is 0 Å². The molecule has 1 aliphatic rings. The number of carbonyl (C=O) groups excluding carboxylic acids is 1. The van der Waals surface area contributed by atoms with Gasteiger partial charge in [-0.15, -0.1) is 11.8 Å². The molecule has 1 heterocycles. The van der Waals surface area contributed by atoms with Crippen molar-refractivity contribution < 1.29 is 9.53 Å². The van der Waals surface area contributed by atoms with Crippen LogP contribution in [0.15, 0.2) is 29.2 Å². The van der Waals surface area contributed by atoms with Crippen LogP contribution in [0.1, 0.15) is 6.92 Å². The molecule has 1 unspecified atom stereocenters. The first-order valence-electron chi connectivity index (χ1n) is 6.47. The van der Waals surface area contributed by atoms with E-state index in [2.05, 4.69) is 12.2 Å². The molecule has 0 bridgehead atoms. The Morgan fingerprint density at radius 1 is 1.47 bits per heavy atom. The Morgan fingerprint density at radius 3 is 2.84 bits per heavy atom. The molecule has 1 fully saturated rings. The standard InChI is InChI=1S/C14H20N2O2S/c1-11-9-16(8-7-15-11)14(17)10-19-13-5-3-12(18-2)4-6-13/h3-6,11,15H,7-10H2,1-2H3. The maximum absolute atomic E-state index is 12.1. The zero-order valence-corrected chi connectivity index (χ0v) is 12.2. The summed E-state index contributed by atoms with van der Waals surface area (Å²) >= 11 is 1.58. The van der Waals surface area contributed by atoms with Crippen LogP contribution in [-0.4, -0.2) is 49.3 Å². The average Bonchev–Trinajstić information content (AvgIpc) is 2.45. The molecule has 0 aliphatic carbocycles. The fourth-order valence-electron chi connectivity index (χ4n) is 2.07. The van der Waals surface area contributed by atoms with Crippen molar-refractivity contribution in [3.8, 4) is 5.75 Å². The molecule has 0 spiro atoms. The van der Waals surface area contributed by atoms with Crippen LogP contribution in [0.25, 0.3) is 0 Å². The first-order chi connectivity index (χ1) is 9.19. The Morgan fingerprint density at radius 2 is 2.21 bits per heavy atom. The number of amides is 1. The van der Waals surface area contributed by atoms with Gasteiger partial charge < -0.3 is 15.0 Å². The van der Waals surface area contributed by atoms with Crippen LogP contribution < -0.4 is 10.1 Å². The number of piperazine rings is 1. The minimum Gasteiger partial charge on any atom is -0.497 e. The Hall–Kier alpha value is -1.20. The van der Waals surface area contributed by atoms with E-state index in [4.69, 9.17) is 4.74 Å². The maximum atomic E-state index is 12.1. The zero-order valence-electron chi connectivity index (χ0n) is 11.4. The highest BCUT2D eigenvalue weighted by Crippen LogP contribution is 2.21. The zero-order chi connectivity index (χ0) is 13.7. The van der Waals surface area contributed by atoms with Crippen molar-refractivity contribution in [3.05, 3.63) is 24.3 Å². The SMILES string of the molecule is COc1ccc(SCC(=O)N2CCNC(C)C2)cc1. The van der Waals surface area contributed by atoms with E-state index in [9.17, 15) is 4.79 Å². The van der Waals surface area contributed by atoms with Crippen LogP contribution in [0.2, 0.25) is 0 Å². The van der Waals surface area contributed by atoms with Crippen LogP contribution >= 0.6 is 11.8 Å². The summed E-state index contributed by atoms with van der Waals surface area (Å²) in [6.45, 7) is 4.62. The summed E-state index contributed by atoms with van der Waals surface area (Å²) in [6, 6.07) is 8.19. The molecule has 104 valence electrons. The van der Waals surface area contributed by atoms with Crippen molar-refractivity contribution in [2.45, 2.75) is 17.9 Å². The maximum Gasteiger partial charge on any atom is 0.233 e. The second-order valence-corrected chi connectivity index (χ2v) is 5.71. The van der Waals surface area contributed by atoms with E-state index in [1.54, 1.807) is 18.9 Å². The average molecular weight is 280 g/mol. The lowest BCUT2D eigenvalue weighted by Gasteiger charge is -2.31. The second kappa shape index (κ2) is 6.82. The van der Waals surface area contributed by atoms with Gasteiger partial charge in [0.15, 0.2) is 0 Å². The summed E-state index contributed by atoms with van der Waals surface area (Å²) in [6.07, 6.45) is 0. The van der Waals surface area contributed by atoms with Gasteiger partial charge in [-0.05, 0) is 31.2 Å². The molecule has 1 amide bonds. The lowest BCUT2D eigenvalue weighted by Crippen LogP contribution is -2.51. The Bertz CT molecular complexity index is 422. The highest BCUT2D eigenvalue weighted by atomic mass is 32.2. The fourth-order valence-corrected chi connectivity index (χ4v) is 2.87. The Balaban J connectivity index is 1.82. The van der Waals surface area contributed by atoms with E-state index in [1.807, 2.05) is 29.2 Å². The summed E-state index contributed by atoms with van der Waals surface area (Å²) in [4.78, 5) is 15.1. The number of hydrogen-bond donors (Lipinski definition) is 1. The number of nitrogens with one attached hydrogen (secondary N) is 1. The second-order valence-electron chi connectivity index (χ2n) is 4.66. The van der Waals surface area contributed by atoms with Gasteiger partial charge in [0.25, 0.3) is 0 Å². The predicted octanol–water partition coefficient (Wildman–Crippen LogP) is 1.61. The molecule has 19 heavy (non-hydrogen) atoms. The first-order valence-corrected chi connectivity index (χ1v) is 7.45. The van der Waals surface area contributed by atoms with Crippen LogP contribution in [0.5, 0.6) is 5.75 Å². The molecule has 1 aliphatic heterocycles. The van der Waals surface area contributed by atoms with Crippen LogP contribution in [0, 0.1) is 0 Å². The third-order valence-electron chi connectivity index (χ3n) is 3.14. The molecule has 0 aromatic heterocycles. The van der Waals surface area contributed by atoms with Gasteiger partial charge in [0, 0.05) is 30.6 Å². The minimum absolute atomic E-state index is 0.217. The molecular formula is C14H20N2O2S. The van der Waals surface area contributed by atoms with Crippen molar-refractivity contribution in [1.82, 2.24) is 10.2 Å². The van der Waals surface area contributed by atoms with Crippen molar-refractivity contribution in [2.75, 3.05) is 32.5 Å². The monoisotopic (exact) mass is 280 g/mol. The van der Waals surface area contributed by atoms with Gasteiger partial charge in [0.2, 0.25) is 5.91 Å². The molecule has 4 nitrogen and oxygen atoms in total. The summed E-state index contributed by atoms with van der Waals surface area (Å²) in [5, 5.41) is 3.34. The number of ether oxygens (including phenoxy) is 1. The smallest absolute Gasteiger partial charge is 0.233 e. The summed E-state index contributed by atoms with van der Waals surface area (Å²) < 4.78 is 5.11. The van der Waals surface area contributed by atoms with Gasteiger partial charge >= 0.3 is 0 Å². The van der Waals surface area contributed by atoms with E-state index in [0.29, 0.717) is 11.8 Å². The topological polar surface area (TPSA) is 41.6 Å². The number of thioether (sulfide) groups is 1. The number of benzene rings is 1. The lowest BCUT2D eigenvalue weighted by molar-refractivity contribution is -0.129. The van der Waals surface area contributed by atoms with Crippen molar-refractivity contribution in [2.24, 2.45) is 0 Å². The molecule has 1 N–H and O–H groups in total. The van der Waals surface area contributed by atoms with Crippen molar-refractivity contribution in [1.29, 1.82) is 0 Å². The largest absolute Gasteiger partial charge is 0.497 e. The summed E-state index contributed by atoms with van der Waals surface area (Å²) in [5.41, 5.74) is 0. The van der Waals surface area contributed by atoms with E-state index in [1.165, 1.54) is 0 Å². The molecule has 5 heteroatoms. The highest BCUT2D eigenvalue weighted by Gasteiger charge is 2.20. The number of rotatable bonds is 4. The number of methoxy groups -OCH3 is 1. The Kier molecular flexibility index (Phi) is 5.10. The number of nitrogens with zero attached hydrogens (tertiary/aromatic N) is 1. The van der Waals surface area contributed by atoms with Gasteiger partial charge in [-0.2, -0.15) is 0 Å². The summed E-state index contributed by atoms with van der Waals surface area (Å²) in [7, 11) is 1.65. The molecule has 0 saturated carbocycles. The minimum atomic E-state index is 0.217. The first kappa shape index (κ1) is 14.2. The fraction of sp³-hybridized carbons (Fsp3) is 0.500. The third kappa shape index (κ3) is 4.14. The van der Waals surface area contributed by atoms with E-state index < -0.39 is 0 Å². The molecule has 1 aromatic carbocycles. The van der Waals surface area contributed by atoms with Gasteiger partial charge in [0.05, 0.1) is 12.9 Å². The van der Waals surface area contributed by atoms with Gasteiger partial charge in [-0.25, -0.2) is 0 Å². The van der Waals surface area contributed by atoms with Gasteiger partial charge in [-0.1, -0.05) is 0 Å². The molecule has 1 atom stereocenters. The highest BCUT2D eigenvalue weighted by molar-refractivity contribution is 8.00. The molecular weight excluding hydrogens is 260 g/mol. The Labute approximate surface area is 118 Å². The van der Waals surface area contributed by atoms with Gasteiger partial charge in [0.1, 0.15) is 5.75 Å². The molecule has 2 rings (SSSR count). The van der Waals surface area contributed by atoms with Gasteiger partial charge in [-0.3, -0.25) is 4.79 Å². The van der Waals surface area contributed by atoms with Crippen LogP contribution in [-0.2, 0) is 4.79 Å². The predicted molar refractivity (Wildman–Crippen MR) is 77.8 cm³/mol. The quantitative estimate of drug-likeness (QED) is 0.851. The third-order valence-corrected chi connectivity index (χ3v) is 4.14. The summed E-state index contributed by atoms with van der Waals surface area (Å²) in [5.74, 6) is 1.56. The molecule has 1 aromatic rings. The van der Waals surface area contributed by atoms with Crippen molar-refractivity contribution >= 4 is 17.7 Å². The molecule has 0 radical (unpaired) electrons. The van der Waals surface area contributed by atoms with Crippen LogP contribution in [0.4, 0.5) is 0 Å².